The normalized spacial score (nSPS) is 12.6. The van der Waals surface area contributed by atoms with E-state index in [9.17, 15) is 14.4 Å². The minimum atomic E-state index is -0.790. The molecule has 0 unspecified atom stereocenters. The lowest BCUT2D eigenvalue weighted by Gasteiger charge is -2.18. The molecule has 404 valence electrons. The third-order valence-corrected chi connectivity index (χ3v) is 12.9. The maximum absolute atomic E-state index is 12.9. The average molecular weight is 978 g/mol. The Hall–Kier alpha value is -3.15. The summed E-state index contributed by atoms with van der Waals surface area (Å²) in [6.07, 6.45) is 74.6. The molecule has 0 heterocycles. The lowest BCUT2D eigenvalue weighted by atomic mass is 10.0. The van der Waals surface area contributed by atoms with Crippen LogP contribution in [0.15, 0.2) is 72.9 Å². The van der Waals surface area contributed by atoms with E-state index in [0.717, 1.165) is 89.9 Å². The van der Waals surface area contributed by atoms with Crippen molar-refractivity contribution in [3.05, 3.63) is 72.9 Å². The zero-order valence-corrected chi connectivity index (χ0v) is 46.3. The van der Waals surface area contributed by atoms with Gasteiger partial charge in [-0.3, -0.25) is 14.4 Å². The fourth-order valence-electron chi connectivity index (χ4n) is 8.40. The molecule has 6 nitrogen and oxygen atoms in total. The van der Waals surface area contributed by atoms with Gasteiger partial charge in [0, 0.05) is 19.3 Å². The monoisotopic (exact) mass is 977 g/mol. The van der Waals surface area contributed by atoms with Crippen LogP contribution >= 0.6 is 0 Å². The van der Waals surface area contributed by atoms with Gasteiger partial charge in [-0.2, -0.15) is 0 Å². The molecule has 0 rings (SSSR count). The molecule has 0 bridgehead atoms. The minimum absolute atomic E-state index is 0.0850. The number of ether oxygens (including phenoxy) is 3. The number of carbonyl (C=O) groups is 3. The van der Waals surface area contributed by atoms with E-state index in [1.54, 1.807) is 0 Å². The number of allylic oxidation sites excluding steroid dienone is 12. The van der Waals surface area contributed by atoms with E-state index in [1.165, 1.54) is 167 Å². The van der Waals surface area contributed by atoms with Crippen molar-refractivity contribution >= 4 is 17.9 Å². The van der Waals surface area contributed by atoms with Crippen molar-refractivity contribution in [3.8, 4) is 0 Å². The van der Waals surface area contributed by atoms with Crippen LogP contribution in [-0.2, 0) is 28.6 Å². The summed E-state index contributed by atoms with van der Waals surface area (Å²) >= 11 is 0. The van der Waals surface area contributed by atoms with Gasteiger partial charge in [0.1, 0.15) is 13.2 Å². The largest absolute Gasteiger partial charge is 0.462 e. The molecular formula is C64H112O6. The van der Waals surface area contributed by atoms with Gasteiger partial charge in [-0.15, -0.1) is 0 Å². The van der Waals surface area contributed by atoms with Crippen LogP contribution < -0.4 is 0 Å². The number of rotatable bonds is 54. The number of hydrogen-bond donors (Lipinski definition) is 0. The Morgan fingerprint density at radius 3 is 0.843 bits per heavy atom. The van der Waals surface area contributed by atoms with Gasteiger partial charge in [0.05, 0.1) is 0 Å². The number of carbonyl (C=O) groups excluding carboxylic acids is 3. The van der Waals surface area contributed by atoms with E-state index in [2.05, 4.69) is 93.7 Å². The molecule has 0 aromatic heterocycles. The van der Waals surface area contributed by atoms with Crippen molar-refractivity contribution in [1.82, 2.24) is 0 Å². The van der Waals surface area contributed by atoms with Gasteiger partial charge in [0.25, 0.3) is 0 Å². The van der Waals surface area contributed by atoms with Gasteiger partial charge in [0.2, 0.25) is 0 Å². The molecule has 0 saturated carbocycles. The molecule has 6 heteroatoms. The SMILES string of the molecule is CCCCC/C=C/C/C=C/C/C=C/C/C=C/CCCCCC(=O)OC[C@@H](COC(=O)CCCCCCCCCCCCCCCC)OC(=O)CCCCCCCCCCC/C=C/C/C=C/CCCCC. The van der Waals surface area contributed by atoms with Crippen LogP contribution in [0, 0.1) is 0 Å². The Kier molecular flexibility index (Phi) is 55.8. The maximum atomic E-state index is 12.9. The van der Waals surface area contributed by atoms with Crippen LogP contribution in [0.1, 0.15) is 297 Å². The van der Waals surface area contributed by atoms with Crippen molar-refractivity contribution in [3.63, 3.8) is 0 Å². The molecule has 0 saturated heterocycles. The van der Waals surface area contributed by atoms with Crippen LogP contribution in [-0.4, -0.2) is 37.2 Å². The highest BCUT2D eigenvalue weighted by Crippen LogP contribution is 2.16. The summed E-state index contributed by atoms with van der Waals surface area (Å²) in [6, 6.07) is 0. The summed E-state index contributed by atoms with van der Waals surface area (Å²) in [5.41, 5.74) is 0. The van der Waals surface area contributed by atoms with Crippen LogP contribution in [0.2, 0.25) is 0 Å². The second kappa shape index (κ2) is 58.4. The highest BCUT2D eigenvalue weighted by atomic mass is 16.6. The standard InChI is InChI=1S/C64H112O6/c1-4-7-10-13-16-19-22-25-28-30-32-34-36-39-42-45-48-51-54-57-63(66)69-60-61(59-68-62(65)56-53-50-47-44-41-38-27-24-21-18-15-12-9-6-3)70-64(67)58-55-52-49-46-43-40-37-35-33-31-29-26-23-20-17-14-11-8-5-2/h16-17,19-20,25-26,28-29,32,34,39,42,61H,4-15,18,21-24,27,30-31,33,35-38,40-41,43-60H2,1-3H3/b19-16+,20-17+,28-25+,29-26+,34-32+,42-39+/t61-/m1/s1. The molecule has 0 aliphatic heterocycles. The lowest BCUT2D eigenvalue weighted by molar-refractivity contribution is -0.167. The number of unbranched alkanes of at least 4 members (excludes halogenated alkanes) is 31. The van der Waals surface area contributed by atoms with E-state index in [-0.39, 0.29) is 31.1 Å². The highest BCUT2D eigenvalue weighted by Gasteiger charge is 2.19. The summed E-state index contributed by atoms with van der Waals surface area (Å²) < 4.78 is 16.9. The molecule has 0 aliphatic rings. The molecule has 70 heavy (non-hydrogen) atoms. The van der Waals surface area contributed by atoms with Gasteiger partial charge in [-0.1, -0.05) is 254 Å². The van der Waals surface area contributed by atoms with Crippen molar-refractivity contribution in [2.45, 2.75) is 303 Å². The third kappa shape index (κ3) is 55.8. The Morgan fingerprint density at radius 1 is 0.286 bits per heavy atom. The zero-order chi connectivity index (χ0) is 50.7. The molecule has 0 aromatic carbocycles. The van der Waals surface area contributed by atoms with Crippen LogP contribution in [0.25, 0.3) is 0 Å². The third-order valence-electron chi connectivity index (χ3n) is 12.9. The van der Waals surface area contributed by atoms with E-state index in [4.69, 9.17) is 14.2 Å². The van der Waals surface area contributed by atoms with Crippen molar-refractivity contribution in [1.29, 1.82) is 0 Å². The summed E-state index contributed by atoms with van der Waals surface area (Å²) in [5, 5.41) is 0. The Labute approximate surface area is 433 Å². The summed E-state index contributed by atoms with van der Waals surface area (Å²) in [4.78, 5) is 38.2. The van der Waals surface area contributed by atoms with Crippen LogP contribution in [0.3, 0.4) is 0 Å². The lowest BCUT2D eigenvalue weighted by Crippen LogP contribution is -2.30. The molecule has 0 aliphatic carbocycles. The van der Waals surface area contributed by atoms with Crippen LogP contribution in [0.5, 0.6) is 0 Å². The van der Waals surface area contributed by atoms with Gasteiger partial charge < -0.3 is 14.2 Å². The predicted octanol–water partition coefficient (Wildman–Crippen LogP) is 20.2. The van der Waals surface area contributed by atoms with E-state index in [1.807, 2.05) is 0 Å². The zero-order valence-electron chi connectivity index (χ0n) is 46.3. The highest BCUT2D eigenvalue weighted by molar-refractivity contribution is 5.71. The van der Waals surface area contributed by atoms with E-state index >= 15 is 0 Å². The first-order valence-corrected chi connectivity index (χ1v) is 29.9. The smallest absolute Gasteiger partial charge is 0.306 e. The summed E-state index contributed by atoms with van der Waals surface area (Å²) in [5.74, 6) is -0.910. The van der Waals surface area contributed by atoms with Crippen molar-refractivity contribution < 1.29 is 28.6 Å². The Morgan fingerprint density at radius 2 is 0.514 bits per heavy atom. The molecule has 0 N–H and O–H groups in total. The van der Waals surface area contributed by atoms with Gasteiger partial charge in [0.15, 0.2) is 6.10 Å². The molecule has 0 amide bonds. The first kappa shape index (κ1) is 66.9. The minimum Gasteiger partial charge on any atom is -0.462 e. The Balaban J connectivity index is 4.42. The number of esters is 3. The van der Waals surface area contributed by atoms with Gasteiger partial charge >= 0.3 is 17.9 Å². The fraction of sp³-hybridized carbons (Fsp3) is 0.766. The van der Waals surface area contributed by atoms with Crippen molar-refractivity contribution in [2.75, 3.05) is 13.2 Å². The molecule has 0 aromatic rings. The second-order valence-corrected chi connectivity index (χ2v) is 19.9. The molecule has 0 spiro atoms. The topological polar surface area (TPSA) is 78.9 Å². The first-order valence-electron chi connectivity index (χ1n) is 29.9. The number of hydrogen-bond acceptors (Lipinski definition) is 6. The second-order valence-electron chi connectivity index (χ2n) is 19.9. The van der Waals surface area contributed by atoms with Gasteiger partial charge in [-0.25, -0.2) is 0 Å². The summed E-state index contributed by atoms with van der Waals surface area (Å²) in [6.45, 7) is 6.58. The fourth-order valence-corrected chi connectivity index (χ4v) is 8.40. The average Bonchev–Trinajstić information content (AvgIpc) is 3.36. The molecule has 1 atom stereocenters. The van der Waals surface area contributed by atoms with E-state index in [0.29, 0.717) is 19.3 Å². The molecule has 0 radical (unpaired) electrons. The maximum Gasteiger partial charge on any atom is 0.306 e. The molecular weight excluding hydrogens is 865 g/mol. The van der Waals surface area contributed by atoms with Gasteiger partial charge in [-0.05, 0) is 96.3 Å². The predicted molar refractivity (Wildman–Crippen MR) is 302 cm³/mol. The summed E-state index contributed by atoms with van der Waals surface area (Å²) in [7, 11) is 0. The van der Waals surface area contributed by atoms with E-state index < -0.39 is 6.10 Å². The first-order chi connectivity index (χ1) is 34.5. The van der Waals surface area contributed by atoms with Crippen molar-refractivity contribution in [2.24, 2.45) is 0 Å². The molecule has 0 fully saturated rings. The Bertz CT molecular complexity index is 1310. The quantitative estimate of drug-likeness (QED) is 0.0261. The van der Waals surface area contributed by atoms with Crippen LogP contribution in [0.4, 0.5) is 0 Å².